The van der Waals surface area contributed by atoms with Gasteiger partial charge in [-0.1, -0.05) is 19.9 Å². The van der Waals surface area contributed by atoms with Gasteiger partial charge in [-0.3, -0.25) is 9.69 Å². The summed E-state index contributed by atoms with van der Waals surface area (Å²) in [4.78, 5) is 22.8. The van der Waals surface area contributed by atoms with Gasteiger partial charge in [0.15, 0.2) is 5.65 Å². The number of nitrogens with zero attached hydrogens (tertiary/aromatic N) is 4. The van der Waals surface area contributed by atoms with Gasteiger partial charge < -0.3 is 10.3 Å². The molecule has 4 aromatic rings. The fraction of sp³-hybridized carbons (Fsp3) is 0.483. The Morgan fingerprint density at radius 1 is 1.17 bits per heavy atom. The van der Waals surface area contributed by atoms with Crippen LogP contribution in [0, 0.1) is 6.92 Å². The monoisotopic (exact) mass is 484 g/mol. The van der Waals surface area contributed by atoms with E-state index in [1.807, 2.05) is 4.52 Å². The molecule has 1 saturated heterocycles. The van der Waals surface area contributed by atoms with Crippen molar-refractivity contribution in [1.29, 1.82) is 0 Å². The molecule has 188 valence electrons. The van der Waals surface area contributed by atoms with Crippen molar-refractivity contribution in [1.82, 2.24) is 29.8 Å². The first-order valence-electron chi connectivity index (χ1n) is 13.4. The third-order valence-electron chi connectivity index (χ3n) is 8.18. The first-order valence-corrected chi connectivity index (χ1v) is 13.4. The maximum absolute atomic E-state index is 12.3. The first-order chi connectivity index (χ1) is 17.5. The Morgan fingerprint density at radius 2 is 1.97 bits per heavy atom. The van der Waals surface area contributed by atoms with Gasteiger partial charge in [0, 0.05) is 28.7 Å². The van der Waals surface area contributed by atoms with Crippen molar-refractivity contribution in [3.05, 3.63) is 53.5 Å². The van der Waals surface area contributed by atoms with Gasteiger partial charge in [0.1, 0.15) is 6.33 Å². The predicted molar refractivity (Wildman–Crippen MR) is 143 cm³/mol. The van der Waals surface area contributed by atoms with Crippen LogP contribution in [-0.2, 0) is 4.79 Å². The van der Waals surface area contributed by atoms with E-state index in [0.717, 1.165) is 55.5 Å². The molecule has 4 heterocycles. The Bertz CT molecular complexity index is 1400. The topological polar surface area (TPSA) is 78.3 Å². The summed E-state index contributed by atoms with van der Waals surface area (Å²) in [5.41, 5.74) is 8.28. The van der Waals surface area contributed by atoms with Crippen LogP contribution in [0.15, 0.2) is 36.8 Å². The molecule has 0 spiro atoms. The number of nitrogens with one attached hydrogen (secondary N) is 2. The molecule has 36 heavy (non-hydrogen) atoms. The number of carbonyl (C=O) groups is 1. The number of rotatable bonds is 6. The lowest BCUT2D eigenvalue weighted by molar-refractivity contribution is -0.123. The number of likely N-dealkylation sites (tertiary alicyclic amines) is 1. The molecule has 1 aliphatic carbocycles. The van der Waals surface area contributed by atoms with Crippen LogP contribution in [-0.4, -0.2) is 56.1 Å². The summed E-state index contributed by atoms with van der Waals surface area (Å²) in [5.74, 6) is 1.11. The lowest BCUT2D eigenvalue weighted by Crippen LogP contribution is -2.46. The Balaban J connectivity index is 1.23. The van der Waals surface area contributed by atoms with Crippen LogP contribution in [0.25, 0.3) is 27.8 Å². The van der Waals surface area contributed by atoms with E-state index < -0.39 is 0 Å². The third kappa shape index (κ3) is 4.30. The van der Waals surface area contributed by atoms with Gasteiger partial charge >= 0.3 is 0 Å². The number of hydrogen-bond donors (Lipinski definition) is 2. The SMILES string of the molecule is Cc1cc(-c2[nH]c3ccc(C4CCN(CC(=O)NC5CCC5)CC4)cc3c2C(C)C)cn2ncnc12. The number of H-pyrrole nitrogens is 1. The standard InChI is InChI=1S/C29H36N6O/c1-18(2)27-24-14-21(20-9-11-34(12-10-20)16-26(36)32-23-5-4-6-23)7-8-25(24)33-28(27)22-13-19(3)29-30-17-31-35(29)15-22/h7-8,13-15,17-18,20,23,33H,4-6,9-12,16H2,1-3H3,(H,32,36). The van der Waals surface area contributed by atoms with Crippen LogP contribution < -0.4 is 5.32 Å². The van der Waals surface area contributed by atoms with Crippen molar-refractivity contribution in [2.75, 3.05) is 19.6 Å². The van der Waals surface area contributed by atoms with Crippen molar-refractivity contribution >= 4 is 22.5 Å². The maximum atomic E-state index is 12.3. The number of fused-ring (bicyclic) bond motifs is 2. The summed E-state index contributed by atoms with van der Waals surface area (Å²) < 4.78 is 1.87. The van der Waals surface area contributed by atoms with E-state index >= 15 is 0 Å². The molecule has 0 radical (unpaired) electrons. The molecule has 1 saturated carbocycles. The molecule has 1 amide bonds. The number of carbonyl (C=O) groups excluding carboxylic acids is 1. The van der Waals surface area contributed by atoms with Crippen molar-refractivity contribution in [2.45, 2.75) is 70.8 Å². The first kappa shape index (κ1) is 23.2. The fourth-order valence-corrected chi connectivity index (χ4v) is 6.00. The van der Waals surface area contributed by atoms with Crippen LogP contribution in [0.5, 0.6) is 0 Å². The van der Waals surface area contributed by atoms with Gasteiger partial charge in [-0.15, -0.1) is 0 Å². The zero-order valence-corrected chi connectivity index (χ0v) is 21.6. The quantitative estimate of drug-likeness (QED) is 0.396. The Kier molecular flexibility index (Phi) is 6.04. The summed E-state index contributed by atoms with van der Waals surface area (Å²) in [6.45, 7) is 9.13. The highest BCUT2D eigenvalue weighted by atomic mass is 16.2. The maximum Gasteiger partial charge on any atom is 0.234 e. The van der Waals surface area contributed by atoms with Crippen LogP contribution in [0.3, 0.4) is 0 Å². The van der Waals surface area contributed by atoms with Gasteiger partial charge in [0.25, 0.3) is 0 Å². The molecule has 1 aromatic carbocycles. The van der Waals surface area contributed by atoms with E-state index in [4.69, 9.17) is 0 Å². The van der Waals surface area contributed by atoms with Gasteiger partial charge in [-0.05, 0) is 98.8 Å². The van der Waals surface area contributed by atoms with E-state index in [0.29, 0.717) is 24.4 Å². The molecule has 2 N–H and O–H groups in total. The molecule has 2 fully saturated rings. The van der Waals surface area contributed by atoms with E-state index in [9.17, 15) is 4.79 Å². The van der Waals surface area contributed by atoms with Gasteiger partial charge in [0.05, 0.1) is 12.2 Å². The van der Waals surface area contributed by atoms with Crippen LogP contribution in [0.1, 0.15) is 74.5 Å². The molecular weight excluding hydrogens is 448 g/mol. The van der Waals surface area contributed by atoms with E-state index in [1.165, 1.54) is 34.1 Å². The highest BCUT2D eigenvalue weighted by molar-refractivity contribution is 5.92. The number of pyridine rings is 1. The number of hydrogen-bond acceptors (Lipinski definition) is 4. The predicted octanol–water partition coefficient (Wildman–Crippen LogP) is 5.16. The average molecular weight is 485 g/mol. The molecule has 0 atom stereocenters. The summed E-state index contributed by atoms with van der Waals surface area (Å²) in [5, 5.41) is 8.87. The highest BCUT2D eigenvalue weighted by Crippen LogP contribution is 2.38. The second-order valence-electron chi connectivity index (χ2n) is 11.1. The number of amides is 1. The van der Waals surface area contributed by atoms with Crippen LogP contribution >= 0.6 is 0 Å². The zero-order chi connectivity index (χ0) is 24.8. The zero-order valence-electron chi connectivity index (χ0n) is 21.6. The van der Waals surface area contributed by atoms with Crippen molar-refractivity contribution < 1.29 is 4.79 Å². The Hall–Kier alpha value is -3.19. The number of aromatic amines is 1. The third-order valence-corrected chi connectivity index (χ3v) is 8.18. The minimum Gasteiger partial charge on any atom is -0.354 e. The molecule has 1 aliphatic heterocycles. The molecule has 2 aliphatic rings. The van der Waals surface area contributed by atoms with E-state index in [2.05, 4.69) is 76.5 Å². The molecule has 3 aromatic heterocycles. The Morgan fingerprint density at radius 3 is 2.69 bits per heavy atom. The smallest absolute Gasteiger partial charge is 0.234 e. The highest BCUT2D eigenvalue weighted by Gasteiger charge is 2.25. The molecule has 0 bridgehead atoms. The minimum atomic E-state index is 0.195. The number of piperidine rings is 1. The number of aryl methyl sites for hydroxylation is 1. The second kappa shape index (κ2) is 9.36. The second-order valence-corrected chi connectivity index (χ2v) is 11.1. The summed E-state index contributed by atoms with van der Waals surface area (Å²) in [6, 6.07) is 9.58. The summed E-state index contributed by atoms with van der Waals surface area (Å²) in [7, 11) is 0. The largest absolute Gasteiger partial charge is 0.354 e. The fourth-order valence-electron chi connectivity index (χ4n) is 6.00. The summed E-state index contributed by atoms with van der Waals surface area (Å²) >= 11 is 0. The van der Waals surface area contributed by atoms with Crippen molar-refractivity contribution in [3.63, 3.8) is 0 Å². The van der Waals surface area contributed by atoms with Crippen LogP contribution in [0.4, 0.5) is 0 Å². The van der Waals surface area contributed by atoms with Crippen molar-refractivity contribution in [2.24, 2.45) is 0 Å². The normalized spacial score (nSPS) is 17.8. The molecule has 7 heteroatoms. The number of aromatic nitrogens is 4. The van der Waals surface area contributed by atoms with Crippen molar-refractivity contribution in [3.8, 4) is 11.3 Å². The Labute approximate surface area is 212 Å². The molecule has 0 unspecified atom stereocenters. The van der Waals surface area contributed by atoms with Gasteiger partial charge in [-0.25, -0.2) is 9.50 Å². The van der Waals surface area contributed by atoms with Crippen LogP contribution in [0.2, 0.25) is 0 Å². The lowest BCUT2D eigenvalue weighted by atomic mass is 9.87. The molecular formula is C29H36N6O. The molecule has 7 nitrogen and oxygen atoms in total. The molecule has 6 rings (SSSR count). The lowest BCUT2D eigenvalue weighted by Gasteiger charge is -2.33. The number of benzene rings is 1. The van der Waals surface area contributed by atoms with Gasteiger partial charge in [0.2, 0.25) is 5.91 Å². The summed E-state index contributed by atoms with van der Waals surface area (Å²) in [6.07, 6.45) is 9.41. The average Bonchev–Trinajstić information content (AvgIpc) is 3.46. The minimum absolute atomic E-state index is 0.195. The van der Waals surface area contributed by atoms with E-state index in [-0.39, 0.29) is 5.91 Å². The van der Waals surface area contributed by atoms with E-state index in [1.54, 1.807) is 6.33 Å². The van der Waals surface area contributed by atoms with Gasteiger partial charge in [-0.2, -0.15) is 5.10 Å².